The summed E-state index contributed by atoms with van der Waals surface area (Å²) in [5.74, 6) is -1.03. The zero-order valence-electron chi connectivity index (χ0n) is 17.9. The molecule has 2 amide bonds. The summed E-state index contributed by atoms with van der Waals surface area (Å²) in [4.78, 5) is 31.3. The number of carbonyl (C=O) groups excluding carboxylic acids is 2. The average Bonchev–Trinajstić information content (AvgIpc) is 3.23. The molecule has 3 aromatic rings. The Bertz CT molecular complexity index is 1040. The number of nitrogens with one attached hydrogen (secondary N) is 1. The zero-order chi connectivity index (χ0) is 21.8. The van der Waals surface area contributed by atoms with E-state index < -0.39 is 11.8 Å². The van der Waals surface area contributed by atoms with Crippen LogP contribution in [0.1, 0.15) is 38.7 Å². The van der Waals surface area contributed by atoms with Crippen LogP contribution >= 0.6 is 0 Å². The van der Waals surface area contributed by atoms with Crippen molar-refractivity contribution in [2.45, 2.75) is 51.7 Å². The Morgan fingerprint density at radius 2 is 1.71 bits per heavy atom. The Hall–Kier alpha value is -3.48. The van der Waals surface area contributed by atoms with Crippen LogP contribution in [0.2, 0.25) is 0 Å². The van der Waals surface area contributed by atoms with Gasteiger partial charge in [0, 0.05) is 48.3 Å². The first-order chi connectivity index (χ1) is 15.0. The van der Waals surface area contributed by atoms with Crippen molar-refractivity contribution in [3.05, 3.63) is 66.6 Å². The van der Waals surface area contributed by atoms with Gasteiger partial charge in [-0.15, -0.1) is 0 Å². The molecule has 1 aromatic carbocycles. The van der Waals surface area contributed by atoms with Crippen LogP contribution in [0.25, 0.3) is 16.9 Å². The van der Waals surface area contributed by atoms with E-state index in [0.717, 1.165) is 41.8 Å². The van der Waals surface area contributed by atoms with Crippen molar-refractivity contribution >= 4 is 11.8 Å². The second-order valence-electron chi connectivity index (χ2n) is 8.04. The van der Waals surface area contributed by atoms with Crippen molar-refractivity contribution in [3.63, 3.8) is 0 Å². The SMILES string of the molecule is C[C@H]1CCC[C@H](C)N1C(=O)C(=O)NCc1cn(-c2ccccc2)nc1-c1ccncc1. The average molecular weight is 418 g/mol. The fourth-order valence-electron chi connectivity index (χ4n) is 4.19. The van der Waals surface area contributed by atoms with Gasteiger partial charge >= 0.3 is 11.8 Å². The molecular formula is C24H27N5O2. The van der Waals surface area contributed by atoms with Crippen LogP contribution in [-0.4, -0.2) is 43.6 Å². The lowest BCUT2D eigenvalue weighted by Gasteiger charge is -2.38. The summed E-state index contributed by atoms with van der Waals surface area (Å²) < 4.78 is 1.79. The zero-order valence-corrected chi connectivity index (χ0v) is 17.9. The van der Waals surface area contributed by atoms with Crippen LogP contribution in [0.5, 0.6) is 0 Å². The minimum absolute atomic E-state index is 0.0789. The summed E-state index contributed by atoms with van der Waals surface area (Å²) >= 11 is 0. The number of carbonyl (C=O) groups is 2. The minimum atomic E-state index is -0.575. The molecule has 4 rings (SSSR count). The number of rotatable bonds is 4. The molecule has 0 radical (unpaired) electrons. The fraction of sp³-hybridized carbons (Fsp3) is 0.333. The molecule has 2 atom stereocenters. The molecular weight excluding hydrogens is 390 g/mol. The maximum Gasteiger partial charge on any atom is 0.312 e. The third-order valence-corrected chi connectivity index (χ3v) is 5.83. The summed E-state index contributed by atoms with van der Waals surface area (Å²) in [5, 5.41) is 7.54. The molecule has 0 spiro atoms. The fourth-order valence-corrected chi connectivity index (χ4v) is 4.19. The second-order valence-corrected chi connectivity index (χ2v) is 8.04. The van der Waals surface area contributed by atoms with E-state index in [9.17, 15) is 9.59 Å². The molecule has 1 saturated heterocycles. The lowest BCUT2D eigenvalue weighted by molar-refractivity contribution is -0.150. The van der Waals surface area contributed by atoms with Gasteiger partial charge in [0.05, 0.1) is 11.4 Å². The predicted molar refractivity (Wildman–Crippen MR) is 118 cm³/mol. The van der Waals surface area contributed by atoms with Gasteiger partial charge in [0.1, 0.15) is 0 Å². The molecule has 2 aromatic heterocycles. The Morgan fingerprint density at radius 1 is 1.03 bits per heavy atom. The summed E-state index contributed by atoms with van der Waals surface area (Å²) in [7, 11) is 0. The standard InChI is InChI=1S/C24H27N5O2/c1-17-7-6-8-18(2)29(17)24(31)23(30)26-15-20-16-28(21-9-4-3-5-10-21)27-22(20)19-11-13-25-14-12-19/h3-5,9-14,16-18H,6-8,15H2,1-2H3,(H,26,30)/t17-,18-/m0/s1. The molecule has 160 valence electrons. The van der Waals surface area contributed by atoms with Gasteiger partial charge in [-0.2, -0.15) is 5.10 Å². The number of benzene rings is 1. The topological polar surface area (TPSA) is 80.1 Å². The molecule has 3 heterocycles. The smallest absolute Gasteiger partial charge is 0.312 e. The predicted octanol–water partition coefficient (Wildman–Crippen LogP) is 3.34. The van der Waals surface area contributed by atoms with Crippen LogP contribution in [0, 0.1) is 0 Å². The van der Waals surface area contributed by atoms with E-state index in [1.54, 1.807) is 22.0 Å². The van der Waals surface area contributed by atoms with E-state index in [1.165, 1.54) is 0 Å². The van der Waals surface area contributed by atoms with Crippen molar-refractivity contribution < 1.29 is 9.59 Å². The number of para-hydroxylation sites is 1. The largest absolute Gasteiger partial charge is 0.344 e. The van der Waals surface area contributed by atoms with Crippen molar-refractivity contribution in [2.75, 3.05) is 0 Å². The molecule has 0 unspecified atom stereocenters. The molecule has 1 aliphatic rings. The number of nitrogens with zero attached hydrogens (tertiary/aromatic N) is 4. The molecule has 0 bridgehead atoms. The first-order valence-electron chi connectivity index (χ1n) is 10.7. The second kappa shape index (κ2) is 9.12. The quantitative estimate of drug-likeness (QED) is 0.661. The highest BCUT2D eigenvalue weighted by molar-refractivity contribution is 6.35. The van der Waals surface area contributed by atoms with Gasteiger partial charge in [0.15, 0.2) is 0 Å². The molecule has 7 nitrogen and oxygen atoms in total. The van der Waals surface area contributed by atoms with E-state index >= 15 is 0 Å². The van der Waals surface area contributed by atoms with Gasteiger partial charge in [-0.25, -0.2) is 4.68 Å². The van der Waals surface area contributed by atoms with Gasteiger partial charge in [-0.3, -0.25) is 14.6 Å². The van der Waals surface area contributed by atoms with E-state index in [2.05, 4.69) is 10.3 Å². The normalized spacial score (nSPS) is 18.6. The number of piperidine rings is 1. The molecule has 0 aliphatic carbocycles. The van der Waals surface area contributed by atoms with E-state index in [1.807, 2.05) is 62.5 Å². The van der Waals surface area contributed by atoms with Gasteiger partial charge < -0.3 is 10.2 Å². The van der Waals surface area contributed by atoms with Crippen LogP contribution in [-0.2, 0) is 16.1 Å². The van der Waals surface area contributed by atoms with E-state index in [-0.39, 0.29) is 18.6 Å². The van der Waals surface area contributed by atoms with Gasteiger partial charge in [-0.05, 0) is 57.4 Å². The first-order valence-corrected chi connectivity index (χ1v) is 10.7. The summed E-state index contributed by atoms with van der Waals surface area (Å²) in [5.41, 5.74) is 3.40. The van der Waals surface area contributed by atoms with Crippen LogP contribution < -0.4 is 5.32 Å². The van der Waals surface area contributed by atoms with Crippen molar-refractivity contribution in [1.29, 1.82) is 0 Å². The molecule has 7 heteroatoms. The van der Waals surface area contributed by atoms with Crippen LogP contribution in [0.3, 0.4) is 0 Å². The maximum atomic E-state index is 12.8. The van der Waals surface area contributed by atoms with Gasteiger partial charge in [0.2, 0.25) is 0 Å². The highest BCUT2D eigenvalue weighted by Crippen LogP contribution is 2.24. The number of amides is 2. The number of pyridine rings is 1. The molecule has 1 fully saturated rings. The molecule has 1 aliphatic heterocycles. The van der Waals surface area contributed by atoms with Crippen LogP contribution in [0.15, 0.2) is 61.1 Å². The Labute approximate surface area is 182 Å². The number of hydrogen-bond acceptors (Lipinski definition) is 4. The lowest BCUT2D eigenvalue weighted by atomic mass is 9.97. The third-order valence-electron chi connectivity index (χ3n) is 5.83. The Kier molecular flexibility index (Phi) is 6.11. The Morgan fingerprint density at radius 3 is 2.39 bits per heavy atom. The van der Waals surface area contributed by atoms with Crippen molar-refractivity contribution in [2.24, 2.45) is 0 Å². The monoisotopic (exact) mass is 417 g/mol. The van der Waals surface area contributed by atoms with E-state index in [4.69, 9.17) is 5.10 Å². The van der Waals surface area contributed by atoms with Gasteiger partial charge in [-0.1, -0.05) is 18.2 Å². The third kappa shape index (κ3) is 4.50. The molecule has 1 N–H and O–H groups in total. The summed E-state index contributed by atoms with van der Waals surface area (Å²) in [6, 6.07) is 13.7. The van der Waals surface area contributed by atoms with Gasteiger partial charge in [0.25, 0.3) is 0 Å². The highest BCUT2D eigenvalue weighted by Gasteiger charge is 2.32. The number of likely N-dealkylation sites (tertiary alicyclic amines) is 1. The number of hydrogen-bond donors (Lipinski definition) is 1. The van der Waals surface area contributed by atoms with Crippen molar-refractivity contribution in [1.82, 2.24) is 25.0 Å². The molecule has 31 heavy (non-hydrogen) atoms. The van der Waals surface area contributed by atoms with Crippen molar-refractivity contribution in [3.8, 4) is 16.9 Å². The highest BCUT2D eigenvalue weighted by atomic mass is 16.2. The summed E-state index contributed by atoms with van der Waals surface area (Å²) in [6.45, 7) is 4.23. The summed E-state index contributed by atoms with van der Waals surface area (Å²) in [6.07, 6.45) is 8.26. The van der Waals surface area contributed by atoms with Crippen LogP contribution in [0.4, 0.5) is 0 Å². The Balaban J connectivity index is 1.55. The lowest BCUT2D eigenvalue weighted by Crippen LogP contribution is -2.52. The number of aromatic nitrogens is 3. The molecule has 0 saturated carbocycles. The minimum Gasteiger partial charge on any atom is -0.344 e. The maximum absolute atomic E-state index is 12.8. The first kappa shape index (κ1) is 20.8. The van der Waals surface area contributed by atoms with E-state index in [0.29, 0.717) is 0 Å².